The number of nitrogens with one attached hydrogen (secondary N) is 1. The van der Waals surface area contributed by atoms with E-state index in [0.717, 1.165) is 5.75 Å². The number of nitrogens with zero attached hydrogens (tertiary/aromatic N) is 2. The maximum absolute atomic E-state index is 13.1. The third kappa shape index (κ3) is 4.91. The summed E-state index contributed by atoms with van der Waals surface area (Å²) in [7, 11) is 0. The van der Waals surface area contributed by atoms with Gasteiger partial charge in [-0.3, -0.25) is 19.7 Å². The number of aromatic carboxylic acids is 1. The molecule has 0 radical (unpaired) electrons. The van der Waals surface area contributed by atoms with Crippen molar-refractivity contribution in [3.8, 4) is 0 Å². The molecule has 10 heteroatoms. The second kappa shape index (κ2) is 10.4. The molecule has 3 rings (SSSR count). The van der Waals surface area contributed by atoms with Crippen molar-refractivity contribution in [2.24, 2.45) is 0 Å². The Morgan fingerprint density at radius 3 is 2.47 bits per heavy atom. The van der Waals surface area contributed by atoms with Crippen LogP contribution in [-0.2, 0) is 14.3 Å². The highest BCUT2D eigenvalue weighted by Crippen LogP contribution is 2.34. The quantitative estimate of drug-likeness (QED) is 0.557. The fourth-order valence-electron chi connectivity index (χ4n) is 4.38. The molecule has 1 spiro atoms. The first-order chi connectivity index (χ1) is 15.3. The number of piperidine rings is 1. The molecular formula is C22H29N3O6S. The number of hydrogen-bond donors (Lipinski definition) is 2. The minimum Gasteiger partial charge on any atom is -0.478 e. The van der Waals surface area contributed by atoms with E-state index in [1.807, 2.05) is 6.26 Å². The van der Waals surface area contributed by atoms with Gasteiger partial charge in [-0.05, 0) is 37.5 Å². The highest BCUT2D eigenvalue weighted by molar-refractivity contribution is 7.98. The van der Waals surface area contributed by atoms with Crippen LogP contribution in [0.4, 0.5) is 0 Å². The van der Waals surface area contributed by atoms with Crippen molar-refractivity contribution in [3.63, 3.8) is 0 Å². The van der Waals surface area contributed by atoms with Gasteiger partial charge in [0, 0.05) is 25.9 Å². The Morgan fingerprint density at radius 2 is 1.88 bits per heavy atom. The van der Waals surface area contributed by atoms with Crippen molar-refractivity contribution in [1.29, 1.82) is 0 Å². The van der Waals surface area contributed by atoms with Gasteiger partial charge in [-0.1, -0.05) is 12.1 Å². The number of carbonyl (C=O) groups is 4. The molecular weight excluding hydrogens is 434 g/mol. The zero-order valence-electron chi connectivity index (χ0n) is 18.3. The van der Waals surface area contributed by atoms with E-state index in [0.29, 0.717) is 32.4 Å². The van der Waals surface area contributed by atoms with Gasteiger partial charge in [-0.25, -0.2) is 4.79 Å². The van der Waals surface area contributed by atoms with Gasteiger partial charge in [0.25, 0.3) is 5.91 Å². The summed E-state index contributed by atoms with van der Waals surface area (Å²) in [5.74, 6) is -1.27. The topological polar surface area (TPSA) is 116 Å². The number of rotatable bonds is 8. The number of benzene rings is 1. The molecule has 32 heavy (non-hydrogen) atoms. The Kier molecular flexibility index (Phi) is 7.78. The second-order valence-electron chi connectivity index (χ2n) is 7.88. The number of carboxylic acids is 1. The first-order valence-electron chi connectivity index (χ1n) is 10.7. The van der Waals surface area contributed by atoms with Crippen LogP contribution in [0.5, 0.6) is 0 Å². The molecule has 1 aromatic rings. The second-order valence-corrected chi connectivity index (χ2v) is 8.87. The van der Waals surface area contributed by atoms with Gasteiger partial charge in [0.1, 0.15) is 6.54 Å². The van der Waals surface area contributed by atoms with E-state index in [-0.39, 0.29) is 42.1 Å². The number of carboxylic acid groups (broad SMARTS) is 1. The summed E-state index contributed by atoms with van der Waals surface area (Å²) in [5.41, 5.74) is -0.614. The van der Waals surface area contributed by atoms with Crippen LogP contribution in [0.25, 0.3) is 0 Å². The van der Waals surface area contributed by atoms with Crippen molar-refractivity contribution in [1.82, 2.24) is 15.1 Å². The minimum atomic E-state index is -1.15. The largest absolute Gasteiger partial charge is 0.478 e. The summed E-state index contributed by atoms with van der Waals surface area (Å²) < 4.78 is 5.07. The molecule has 2 aliphatic heterocycles. The molecule has 0 saturated carbocycles. The van der Waals surface area contributed by atoms with Crippen LogP contribution in [0, 0.1) is 0 Å². The lowest BCUT2D eigenvalue weighted by Gasteiger charge is -2.44. The number of likely N-dealkylation sites (tertiary alicyclic amines) is 1. The van der Waals surface area contributed by atoms with E-state index < -0.39 is 17.6 Å². The molecule has 2 amide bonds. The summed E-state index contributed by atoms with van der Waals surface area (Å²) in [6.07, 6.45) is 3.50. The van der Waals surface area contributed by atoms with Crippen LogP contribution < -0.4 is 5.32 Å². The van der Waals surface area contributed by atoms with Crippen LogP contribution in [-0.4, -0.2) is 88.6 Å². The molecule has 0 aromatic heterocycles. The maximum Gasteiger partial charge on any atom is 0.336 e. The third-order valence-electron chi connectivity index (χ3n) is 5.99. The molecule has 174 valence electrons. The molecule has 1 unspecified atom stereocenters. The number of ether oxygens (including phenoxy) is 1. The predicted octanol–water partition coefficient (Wildman–Crippen LogP) is 1.43. The Bertz CT molecular complexity index is 884. The summed E-state index contributed by atoms with van der Waals surface area (Å²) in [6.45, 7) is 2.50. The molecule has 2 heterocycles. The maximum atomic E-state index is 13.1. The van der Waals surface area contributed by atoms with E-state index in [9.17, 15) is 24.3 Å². The van der Waals surface area contributed by atoms with E-state index in [2.05, 4.69) is 5.32 Å². The Labute approximate surface area is 191 Å². The summed E-state index contributed by atoms with van der Waals surface area (Å²) in [6, 6.07) is 5.77. The zero-order valence-corrected chi connectivity index (χ0v) is 19.2. The first-order valence-corrected chi connectivity index (χ1v) is 12.1. The van der Waals surface area contributed by atoms with Crippen molar-refractivity contribution in [3.05, 3.63) is 35.4 Å². The Balaban J connectivity index is 1.76. The molecule has 9 nitrogen and oxygen atoms in total. The lowest BCUT2D eigenvalue weighted by atomic mass is 9.94. The van der Waals surface area contributed by atoms with Crippen LogP contribution >= 0.6 is 11.8 Å². The van der Waals surface area contributed by atoms with E-state index in [4.69, 9.17) is 4.74 Å². The molecule has 2 aliphatic rings. The SMILES string of the molecule is CCOC(=O)CN1C(=O)C(CCSC)NC12CCN(C(=O)c1ccccc1C(=O)O)CC2. The average molecular weight is 464 g/mol. The zero-order chi connectivity index (χ0) is 23.3. The molecule has 2 saturated heterocycles. The number of amides is 2. The lowest BCUT2D eigenvalue weighted by molar-refractivity contribution is -0.151. The van der Waals surface area contributed by atoms with Gasteiger partial charge in [-0.15, -0.1) is 0 Å². The van der Waals surface area contributed by atoms with E-state index >= 15 is 0 Å². The van der Waals surface area contributed by atoms with Crippen LogP contribution in [0.3, 0.4) is 0 Å². The van der Waals surface area contributed by atoms with Crippen LogP contribution in [0.15, 0.2) is 24.3 Å². The summed E-state index contributed by atoms with van der Waals surface area (Å²) in [5, 5.41) is 12.8. The van der Waals surface area contributed by atoms with Crippen molar-refractivity contribution >= 4 is 35.5 Å². The van der Waals surface area contributed by atoms with Crippen LogP contribution in [0.2, 0.25) is 0 Å². The van der Waals surface area contributed by atoms with Gasteiger partial charge in [-0.2, -0.15) is 11.8 Å². The number of esters is 1. The third-order valence-corrected chi connectivity index (χ3v) is 6.64. The Morgan fingerprint density at radius 1 is 1.22 bits per heavy atom. The molecule has 1 aromatic carbocycles. The first kappa shape index (κ1) is 24.1. The van der Waals surface area contributed by atoms with Gasteiger partial charge in [0.05, 0.1) is 29.4 Å². The highest BCUT2D eigenvalue weighted by atomic mass is 32.2. The monoisotopic (exact) mass is 463 g/mol. The molecule has 1 atom stereocenters. The number of carbonyl (C=O) groups excluding carboxylic acids is 3. The van der Waals surface area contributed by atoms with E-state index in [1.165, 1.54) is 12.1 Å². The van der Waals surface area contributed by atoms with E-state index in [1.54, 1.807) is 40.6 Å². The highest BCUT2D eigenvalue weighted by Gasteiger charge is 2.52. The average Bonchev–Trinajstić information content (AvgIpc) is 3.03. The minimum absolute atomic E-state index is 0.0342. The number of thioether (sulfide) groups is 1. The molecule has 0 aliphatic carbocycles. The molecule has 2 fully saturated rings. The summed E-state index contributed by atoms with van der Waals surface area (Å²) >= 11 is 1.65. The fourth-order valence-corrected chi connectivity index (χ4v) is 4.85. The van der Waals surface area contributed by atoms with Gasteiger partial charge in [0.15, 0.2) is 0 Å². The smallest absolute Gasteiger partial charge is 0.336 e. The van der Waals surface area contributed by atoms with Crippen LogP contribution in [0.1, 0.15) is 46.9 Å². The van der Waals surface area contributed by atoms with Gasteiger partial charge >= 0.3 is 11.9 Å². The van der Waals surface area contributed by atoms with Crippen molar-refractivity contribution in [2.75, 3.05) is 38.2 Å². The fraction of sp³-hybridized carbons (Fsp3) is 0.545. The predicted molar refractivity (Wildman–Crippen MR) is 120 cm³/mol. The van der Waals surface area contributed by atoms with Gasteiger partial charge < -0.3 is 19.6 Å². The Hall–Kier alpha value is -2.59. The summed E-state index contributed by atoms with van der Waals surface area (Å²) in [4.78, 5) is 53.0. The van der Waals surface area contributed by atoms with Crippen molar-refractivity contribution < 1.29 is 29.0 Å². The standard InChI is InChI=1S/C22H29N3O6S/c1-3-31-18(26)14-25-20(28)17(8-13-32-2)23-22(25)9-11-24(12-10-22)19(27)15-6-4-5-7-16(15)21(29)30/h4-7,17,23H,3,8-14H2,1-2H3,(H,29,30). The molecule has 2 N–H and O–H groups in total. The number of hydrogen-bond acceptors (Lipinski definition) is 7. The molecule has 0 bridgehead atoms. The normalized spacial score (nSPS) is 19.9. The van der Waals surface area contributed by atoms with Crippen molar-refractivity contribution in [2.45, 2.75) is 37.9 Å². The van der Waals surface area contributed by atoms with Gasteiger partial charge in [0.2, 0.25) is 5.91 Å². The lowest BCUT2D eigenvalue weighted by Crippen LogP contribution is -2.60.